The maximum absolute atomic E-state index is 14.6. The number of benzene rings is 1. The highest BCUT2D eigenvalue weighted by atomic mass is 32.1. The summed E-state index contributed by atoms with van der Waals surface area (Å²) in [6, 6.07) is 3.84. The van der Waals surface area contributed by atoms with Crippen LogP contribution in [0.5, 0.6) is 0 Å². The van der Waals surface area contributed by atoms with Gasteiger partial charge >= 0.3 is 6.09 Å². The first-order chi connectivity index (χ1) is 20.5. The van der Waals surface area contributed by atoms with Gasteiger partial charge in [-0.05, 0) is 52.2 Å². The van der Waals surface area contributed by atoms with Gasteiger partial charge in [0.1, 0.15) is 32.9 Å². The van der Waals surface area contributed by atoms with Crippen LogP contribution in [0.3, 0.4) is 0 Å². The Morgan fingerprint density at radius 1 is 1.14 bits per heavy atom. The van der Waals surface area contributed by atoms with Crippen molar-refractivity contribution >= 4 is 39.8 Å². The van der Waals surface area contributed by atoms with Gasteiger partial charge in [0.25, 0.3) is 5.91 Å². The number of anilines is 3. The van der Waals surface area contributed by atoms with Gasteiger partial charge in [-0.3, -0.25) is 14.8 Å². The van der Waals surface area contributed by atoms with E-state index in [4.69, 9.17) is 9.47 Å². The average molecular weight is 618 g/mol. The molecule has 0 bridgehead atoms. The molecule has 5 rings (SSSR count). The number of nitrogens with one attached hydrogen (secondary N) is 3. The van der Waals surface area contributed by atoms with Crippen molar-refractivity contribution in [2.45, 2.75) is 51.7 Å². The molecule has 4 heterocycles. The summed E-state index contributed by atoms with van der Waals surface area (Å²) in [5.74, 6) is -1.03. The van der Waals surface area contributed by atoms with Gasteiger partial charge < -0.3 is 25.0 Å². The van der Waals surface area contributed by atoms with Crippen molar-refractivity contribution in [1.29, 1.82) is 0 Å². The average Bonchev–Trinajstić information content (AvgIpc) is 3.37. The first kappa shape index (κ1) is 30.8. The molecule has 0 aliphatic carbocycles. The predicted molar refractivity (Wildman–Crippen MR) is 161 cm³/mol. The minimum atomic E-state index is -0.839. The topological polar surface area (TPSA) is 123 Å². The van der Waals surface area contributed by atoms with Crippen molar-refractivity contribution in [1.82, 2.24) is 20.1 Å². The number of ether oxygens (including phenoxy) is 2. The predicted octanol–water partition coefficient (Wildman–Crippen LogP) is 5.02. The van der Waals surface area contributed by atoms with Gasteiger partial charge in [0.2, 0.25) is 0 Å². The van der Waals surface area contributed by atoms with Crippen LogP contribution in [0.25, 0.3) is 10.6 Å². The maximum Gasteiger partial charge on any atom is 0.412 e. The molecule has 1 aromatic carbocycles. The fraction of sp³-hybridized carbons (Fsp3) is 0.517. The molecular formula is C29H37F2N7O4S. The van der Waals surface area contributed by atoms with Crippen LogP contribution >= 0.6 is 11.3 Å². The largest absolute Gasteiger partial charge is 0.444 e. The molecule has 0 saturated carbocycles. The number of carbonyl (C=O) groups is 2. The van der Waals surface area contributed by atoms with Crippen LogP contribution in [0.2, 0.25) is 0 Å². The number of aryl methyl sites for hydroxylation is 1. The monoisotopic (exact) mass is 617 g/mol. The number of hydrogen-bond acceptors (Lipinski definition) is 9. The molecule has 3 aromatic rings. The second-order valence-corrected chi connectivity index (χ2v) is 12.8. The molecule has 11 nitrogen and oxygen atoms in total. The molecule has 3 N–H and O–H groups in total. The van der Waals surface area contributed by atoms with E-state index in [1.165, 1.54) is 6.07 Å². The normalized spacial score (nSPS) is 17.7. The highest BCUT2D eigenvalue weighted by Gasteiger charge is 2.28. The second-order valence-electron chi connectivity index (χ2n) is 11.8. The minimum absolute atomic E-state index is 0.00426. The lowest BCUT2D eigenvalue weighted by Gasteiger charge is -2.28. The molecule has 14 heteroatoms. The Hall–Kier alpha value is -3.62. The Bertz CT molecular complexity index is 1450. The van der Waals surface area contributed by atoms with Crippen LogP contribution in [-0.2, 0) is 16.5 Å². The summed E-state index contributed by atoms with van der Waals surface area (Å²) < 4.78 is 41.6. The number of carbonyl (C=O) groups excluding carboxylic acids is 2. The third-order valence-electron chi connectivity index (χ3n) is 7.22. The van der Waals surface area contributed by atoms with E-state index < -0.39 is 34.8 Å². The van der Waals surface area contributed by atoms with Crippen molar-refractivity contribution in [2.75, 3.05) is 48.4 Å². The van der Waals surface area contributed by atoms with E-state index >= 15 is 0 Å². The van der Waals surface area contributed by atoms with Crippen molar-refractivity contribution in [3.8, 4) is 10.6 Å². The Kier molecular flexibility index (Phi) is 9.28. The molecule has 2 aromatic heterocycles. The number of amides is 2. The first-order valence-electron chi connectivity index (χ1n) is 14.3. The zero-order valence-electron chi connectivity index (χ0n) is 24.7. The highest BCUT2D eigenvalue weighted by molar-refractivity contribution is 7.19. The molecule has 43 heavy (non-hydrogen) atoms. The lowest BCUT2D eigenvalue weighted by molar-refractivity contribution is -0.0318. The third kappa shape index (κ3) is 7.48. The molecule has 0 spiro atoms. The van der Waals surface area contributed by atoms with Gasteiger partial charge in [-0.15, -0.1) is 0 Å². The summed E-state index contributed by atoms with van der Waals surface area (Å²) in [7, 11) is 1.81. The molecule has 232 valence electrons. The van der Waals surface area contributed by atoms with Crippen LogP contribution in [0, 0.1) is 17.6 Å². The van der Waals surface area contributed by atoms with Crippen LogP contribution in [0.15, 0.2) is 24.4 Å². The third-order valence-corrected chi connectivity index (χ3v) is 8.21. The molecule has 2 saturated heterocycles. The van der Waals surface area contributed by atoms with Crippen LogP contribution in [0.4, 0.5) is 30.1 Å². The van der Waals surface area contributed by atoms with E-state index in [-0.39, 0.29) is 15.7 Å². The zero-order valence-corrected chi connectivity index (χ0v) is 25.5. The van der Waals surface area contributed by atoms with Gasteiger partial charge in [0.05, 0.1) is 25.0 Å². The first-order valence-corrected chi connectivity index (χ1v) is 15.1. The second kappa shape index (κ2) is 12.9. The smallest absolute Gasteiger partial charge is 0.412 e. The summed E-state index contributed by atoms with van der Waals surface area (Å²) in [6.07, 6.45) is 3.66. The summed E-state index contributed by atoms with van der Waals surface area (Å²) in [5.41, 5.74) is -0.947. The lowest BCUT2D eigenvalue weighted by atomic mass is 10.1. The number of hydrogen-bond donors (Lipinski definition) is 3. The van der Waals surface area contributed by atoms with Crippen molar-refractivity contribution in [3.05, 3.63) is 41.7 Å². The summed E-state index contributed by atoms with van der Waals surface area (Å²) in [4.78, 5) is 32.7. The number of nitrogens with zero attached hydrogens (tertiary/aromatic N) is 4. The number of halogens is 2. The maximum atomic E-state index is 14.6. The molecule has 2 aliphatic heterocycles. The standard InChI is InChI=1S/C29H37F2N7O4S/c1-29(2,3)42-28(40)36-26-23(35-25(43-26)22-19(30)8-5-9-20(22)31)24(39)34-21-14-33-37(4)27(21)38-11-6-7-18(10-12-38)32-13-17-15-41-16-17/h5,8-9,14,17-18,32H,6-7,10-13,15-16H2,1-4H3,(H,34,39)(H,36,40)/t18-/m1/s1. The molecule has 2 amide bonds. The fourth-order valence-corrected chi connectivity index (χ4v) is 6.08. The number of rotatable bonds is 8. The van der Waals surface area contributed by atoms with Gasteiger partial charge in [0.15, 0.2) is 11.5 Å². The van der Waals surface area contributed by atoms with Crippen molar-refractivity contribution < 1.29 is 27.8 Å². The van der Waals surface area contributed by atoms with Crippen LogP contribution < -0.4 is 20.9 Å². The van der Waals surface area contributed by atoms with Gasteiger partial charge in [0, 0.05) is 38.6 Å². The molecule has 1 atom stereocenters. The van der Waals surface area contributed by atoms with Crippen LogP contribution in [-0.4, -0.2) is 71.3 Å². The molecular weight excluding hydrogens is 580 g/mol. The van der Waals surface area contributed by atoms with E-state index in [0.29, 0.717) is 17.6 Å². The lowest BCUT2D eigenvalue weighted by Crippen LogP contribution is -2.41. The van der Waals surface area contributed by atoms with Gasteiger partial charge in [-0.25, -0.2) is 18.6 Å². The quantitative estimate of drug-likeness (QED) is 0.322. The SMILES string of the molecule is Cn1ncc(NC(=O)c2nc(-c3c(F)cccc3F)sc2NC(=O)OC(C)(C)C)c1N1CCC[C@@H](NCC2COC2)CC1. The van der Waals surface area contributed by atoms with E-state index in [1.807, 2.05) is 0 Å². The van der Waals surface area contributed by atoms with Crippen molar-refractivity contribution in [3.63, 3.8) is 0 Å². The zero-order chi connectivity index (χ0) is 30.7. The molecule has 2 fully saturated rings. The van der Waals surface area contributed by atoms with Crippen molar-refractivity contribution in [2.24, 2.45) is 13.0 Å². The fourth-order valence-electron chi connectivity index (χ4n) is 5.09. The Morgan fingerprint density at radius 2 is 1.88 bits per heavy atom. The molecule has 2 aliphatic rings. The summed E-state index contributed by atoms with van der Waals surface area (Å²) in [5, 5.41) is 13.3. The van der Waals surface area contributed by atoms with E-state index in [9.17, 15) is 18.4 Å². The summed E-state index contributed by atoms with van der Waals surface area (Å²) >= 11 is 0.777. The van der Waals surface area contributed by atoms with Gasteiger partial charge in [-0.1, -0.05) is 17.4 Å². The Labute approximate surface area is 252 Å². The van der Waals surface area contributed by atoms with E-state index in [1.54, 1.807) is 38.7 Å². The van der Waals surface area contributed by atoms with E-state index in [0.717, 1.165) is 81.4 Å². The molecule has 0 unspecified atom stereocenters. The number of aromatic nitrogens is 3. The van der Waals surface area contributed by atoms with Crippen LogP contribution in [0.1, 0.15) is 50.5 Å². The summed E-state index contributed by atoms with van der Waals surface area (Å²) in [6.45, 7) is 9.21. The Morgan fingerprint density at radius 3 is 2.56 bits per heavy atom. The molecule has 0 radical (unpaired) electrons. The van der Waals surface area contributed by atoms with Gasteiger partial charge in [-0.2, -0.15) is 5.10 Å². The minimum Gasteiger partial charge on any atom is -0.444 e. The number of thiazole rings is 1. The Balaban J connectivity index is 1.36. The van der Waals surface area contributed by atoms with E-state index in [2.05, 4.69) is 30.9 Å². The highest BCUT2D eigenvalue weighted by Crippen LogP contribution is 2.36.